The molecule has 0 spiro atoms. The van der Waals surface area contributed by atoms with Gasteiger partial charge < -0.3 is 9.88 Å². The molecule has 0 radical (unpaired) electrons. The summed E-state index contributed by atoms with van der Waals surface area (Å²) in [4.78, 5) is 20.8. The van der Waals surface area contributed by atoms with E-state index in [1.54, 1.807) is 6.33 Å². The van der Waals surface area contributed by atoms with Crippen LogP contribution in [0.3, 0.4) is 0 Å². The molecule has 3 aromatic rings. The number of carbonyl (C=O) groups excluding carboxylic acids is 1. The number of para-hydroxylation sites is 2. The van der Waals surface area contributed by atoms with Crippen LogP contribution in [0.1, 0.15) is 29.9 Å². The first-order valence-electron chi connectivity index (χ1n) is 7.90. The van der Waals surface area contributed by atoms with Crippen molar-refractivity contribution >= 4 is 16.9 Å². The second-order valence-corrected chi connectivity index (χ2v) is 6.04. The van der Waals surface area contributed by atoms with Crippen molar-refractivity contribution in [3.8, 4) is 0 Å². The Bertz CT molecular complexity index is 851. The van der Waals surface area contributed by atoms with Crippen molar-refractivity contribution in [3.63, 3.8) is 0 Å². The van der Waals surface area contributed by atoms with E-state index in [0.29, 0.717) is 12.5 Å². The Morgan fingerprint density at radius 2 is 2.13 bits per heavy atom. The van der Waals surface area contributed by atoms with Gasteiger partial charge in [-0.15, -0.1) is 0 Å². The highest BCUT2D eigenvalue weighted by Gasteiger charge is 2.23. The summed E-state index contributed by atoms with van der Waals surface area (Å²) in [6, 6.07) is 9.96. The molecule has 0 unspecified atom stereocenters. The number of rotatable bonds is 5. The van der Waals surface area contributed by atoms with Crippen LogP contribution in [-0.4, -0.2) is 20.4 Å². The molecule has 0 bridgehead atoms. The van der Waals surface area contributed by atoms with E-state index in [-0.39, 0.29) is 12.5 Å². The number of hydrogen-bond acceptors (Lipinski definition) is 3. The largest absolute Gasteiger partial charge is 0.350 e. The van der Waals surface area contributed by atoms with Crippen LogP contribution in [0.4, 0.5) is 0 Å². The zero-order chi connectivity index (χ0) is 15.6. The first-order chi connectivity index (χ1) is 11.3. The fourth-order valence-electron chi connectivity index (χ4n) is 2.79. The van der Waals surface area contributed by atoms with Gasteiger partial charge >= 0.3 is 0 Å². The van der Waals surface area contributed by atoms with E-state index in [1.165, 1.54) is 18.4 Å². The molecule has 2 aromatic heterocycles. The minimum absolute atomic E-state index is 0.0232. The first kappa shape index (κ1) is 13.9. The van der Waals surface area contributed by atoms with Gasteiger partial charge in [-0.05, 0) is 42.0 Å². The lowest BCUT2D eigenvalue weighted by Gasteiger charge is -2.08. The van der Waals surface area contributed by atoms with Gasteiger partial charge in [-0.2, -0.15) is 0 Å². The average molecular weight is 306 g/mol. The number of carbonyl (C=O) groups is 1. The van der Waals surface area contributed by atoms with Gasteiger partial charge in [0.05, 0.1) is 17.4 Å². The molecule has 0 saturated heterocycles. The Hall–Kier alpha value is -2.69. The van der Waals surface area contributed by atoms with Gasteiger partial charge in [-0.3, -0.25) is 9.78 Å². The second kappa shape index (κ2) is 5.83. The van der Waals surface area contributed by atoms with Gasteiger partial charge in [0.1, 0.15) is 6.54 Å². The summed E-state index contributed by atoms with van der Waals surface area (Å²) < 4.78 is 1.86. The molecule has 5 nitrogen and oxygen atoms in total. The zero-order valence-corrected chi connectivity index (χ0v) is 12.8. The number of benzene rings is 1. The van der Waals surface area contributed by atoms with Crippen molar-refractivity contribution in [2.45, 2.75) is 31.8 Å². The van der Waals surface area contributed by atoms with Crippen molar-refractivity contribution < 1.29 is 4.79 Å². The lowest BCUT2D eigenvalue weighted by atomic mass is 10.1. The average Bonchev–Trinajstić information content (AvgIpc) is 3.36. The Kier molecular flexibility index (Phi) is 3.54. The van der Waals surface area contributed by atoms with Crippen LogP contribution in [0, 0.1) is 0 Å². The third kappa shape index (κ3) is 3.08. The summed E-state index contributed by atoms with van der Waals surface area (Å²) in [6.07, 6.45) is 7.97. The van der Waals surface area contributed by atoms with Crippen LogP contribution in [-0.2, 0) is 17.9 Å². The van der Waals surface area contributed by atoms with Crippen molar-refractivity contribution in [2.75, 3.05) is 0 Å². The van der Waals surface area contributed by atoms with Crippen LogP contribution >= 0.6 is 0 Å². The number of nitrogens with one attached hydrogen (secondary N) is 1. The van der Waals surface area contributed by atoms with E-state index in [1.807, 2.05) is 41.2 Å². The van der Waals surface area contributed by atoms with Crippen LogP contribution in [0.2, 0.25) is 0 Å². The molecule has 0 atom stereocenters. The summed E-state index contributed by atoms with van der Waals surface area (Å²) in [6.45, 7) is 0.787. The maximum absolute atomic E-state index is 12.2. The lowest BCUT2D eigenvalue weighted by molar-refractivity contribution is -0.121. The molecule has 1 N–H and O–H groups in total. The third-order valence-electron chi connectivity index (χ3n) is 4.20. The minimum atomic E-state index is -0.0232. The smallest absolute Gasteiger partial charge is 0.240 e. The Morgan fingerprint density at radius 1 is 1.26 bits per heavy atom. The number of pyridine rings is 1. The van der Waals surface area contributed by atoms with Gasteiger partial charge in [0.25, 0.3) is 0 Å². The predicted octanol–water partition coefficient (Wildman–Crippen LogP) is 2.63. The lowest BCUT2D eigenvalue weighted by Crippen LogP contribution is -2.26. The van der Waals surface area contributed by atoms with Crippen LogP contribution in [0.25, 0.3) is 11.0 Å². The van der Waals surface area contributed by atoms with Gasteiger partial charge in [0.2, 0.25) is 5.91 Å². The van der Waals surface area contributed by atoms with Crippen molar-refractivity contribution in [1.82, 2.24) is 19.9 Å². The van der Waals surface area contributed by atoms with E-state index in [2.05, 4.69) is 21.4 Å². The van der Waals surface area contributed by atoms with Crippen molar-refractivity contribution in [2.24, 2.45) is 0 Å². The number of fused-ring (bicyclic) bond motifs is 1. The van der Waals surface area contributed by atoms with E-state index < -0.39 is 0 Å². The van der Waals surface area contributed by atoms with E-state index in [0.717, 1.165) is 16.6 Å². The molecule has 1 saturated carbocycles. The number of aromatic nitrogens is 3. The van der Waals surface area contributed by atoms with Crippen molar-refractivity contribution in [3.05, 3.63) is 60.2 Å². The molecule has 23 heavy (non-hydrogen) atoms. The van der Waals surface area contributed by atoms with Crippen LogP contribution in [0.15, 0.2) is 49.1 Å². The van der Waals surface area contributed by atoms with Gasteiger partial charge in [-0.25, -0.2) is 4.98 Å². The number of hydrogen-bond donors (Lipinski definition) is 1. The highest BCUT2D eigenvalue weighted by Crippen LogP contribution is 2.39. The second-order valence-electron chi connectivity index (χ2n) is 6.04. The summed E-state index contributed by atoms with van der Waals surface area (Å²) in [5, 5.41) is 2.96. The maximum Gasteiger partial charge on any atom is 0.240 e. The standard InChI is InChI=1S/C18H18N4O/c23-18(11-22-12-21-16-3-1-2-4-17(16)22)20-9-13-7-15(10-19-8-13)14-5-6-14/h1-4,7-8,10,12,14H,5-6,9,11H2,(H,20,23). The molecule has 5 heteroatoms. The first-order valence-corrected chi connectivity index (χ1v) is 7.90. The minimum Gasteiger partial charge on any atom is -0.350 e. The molecule has 2 heterocycles. The number of imidazole rings is 1. The zero-order valence-electron chi connectivity index (χ0n) is 12.8. The Balaban J connectivity index is 1.39. The summed E-state index contributed by atoms with van der Waals surface area (Å²) in [7, 11) is 0. The molecule has 1 aliphatic rings. The maximum atomic E-state index is 12.2. The molecular formula is C18H18N4O. The third-order valence-corrected chi connectivity index (χ3v) is 4.20. The van der Waals surface area contributed by atoms with E-state index >= 15 is 0 Å². The Labute approximate surface area is 134 Å². The molecule has 4 rings (SSSR count). The van der Waals surface area contributed by atoms with Crippen molar-refractivity contribution in [1.29, 1.82) is 0 Å². The highest BCUT2D eigenvalue weighted by molar-refractivity contribution is 5.80. The van der Waals surface area contributed by atoms with E-state index in [9.17, 15) is 4.79 Å². The molecule has 0 aliphatic heterocycles. The number of amides is 1. The molecule has 1 amide bonds. The summed E-state index contributed by atoms with van der Waals surface area (Å²) in [5.41, 5.74) is 4.22. The fraction of sp³-hybridized carbons (Fsp3) is 0.278. The molecule has 116 valence electrons. The molecule has 1 aromatic carbocycles. The molecule has 1 aliphatic carbocycles. The van der Waals surface area contributed by atoms with E-state index in [4.69, 9.17) is 0 Å². The van der Waals surface area contributed by atoms with Crippen LogP contribution < -0.4 is 5.32 Å². The molecule has 1 fully saturated rings. The summed E-state index contributed by atoms with van der Waals surface area (Å²) in [5.74, 6) is 0.653. The fourth-order valence-corrected chi connectivity index (χ4v) is 2.79. The van der Waals surface area contributed by atoms with Gasteiger partial charge in [0.15, 0.2) is 0 Å². The Morgan fingerprint density at radius 3 is 3.00 bits per heavy atom. The quantitative estimate of drug-likeness (QED) is 0.788. The summed E-state index contributed by atoms with van der Waals surface area (Å²) >= 11 is 0. The monoisotopic (exact) mass is 306 g/mol. The molecular weight excluding hydrogens is 288 g/mol. The van der Waals surface area contributed by atoms with Gasteiger partial charge in [-0.1, -0.05) is 18.2 Å². The van der Waals surface area contributed by atoms with Gasteiger partial charge in [0, 0.05) is 18.9 Å². The van der Waals surface area contributed by atoms with Crippen LogP contribution in [0.5, 0.6) is 0 Å². The number of nitrogens with zero attached hydrogens (tertiary/aromatic N) is 3. The highest BCUT2D eigenvalue weighted by atomic mass is 16.1. The topological polar surface area (TPSA) is 59.8 Å². The SMILES string of the molecule is O=C(Cn1cnc2ccccc21)NCc1cncc(C2CC2)c1. The normalized spacial score (nSPS) is 14.1. The predicted molar refractivity (Wildman–Crippen MR) is 87.8 cm³/mol.